The van der Waals surface area contributed by atoms with Gasteiger partial charge in [0, 0.05) is 0 Å². The number of hydrogen-bond donors (Lipinski definition) is 0. The van der Waals surface area contributed by atoms with Crippen LogP contribution in [0.5, 0.6) is 0 Å². The van der Waals surface area contributed by atoms with Crippen molar-refractivity contribution in [1.29, 1.82) is 0 Å². The fourth-order valence-electron chi connectivity index (χ4n) is 6.60. The van der Waals surface area contributed by atoms with Crippen molar-refractivity contribution in [3.8, 4) is 0 Å². The molecule has 0 aliphatic heterocycles. The van der Waals surface area contributed by atoms with Gasteiger partial charge in [0.05, 0.1) is 0 Å². The van der Waals surface area contributed by atoms with Crippen molar-refractivity contribution in [2.24, 2.45) is 0 Å². The molecule has 0 aromatic heterocycles. The molecule has 0 atom stereocenters. The monoisotopic (exact) mass is 678 g/mol. The molecule has 45 heavy (non-hydrogen) atoms. The summed E-state index contributed by atoms with van der Waals surface area (Å²) in [4.78, 5) is 0. The zero-order chi connectivity index (χ0) is 33.3. The molecule has 0 unspecified atom stereocenters. The fraction of sp³-hybridized carbons (Fsp3) is 0.455. The zero-order valence-electron chi connectivity index (χ0n) is 30.6. The van der Waals surface area contributed by atoms with Gasteiger partial charge in [-0.25, -0.2) is 0 Å². The average molecular weight is 680 g/mol. The van der Waals surface area contributed by atoms with E-state index in [9.17, 15) is 0 Å². The first-order chi connectivity index (χ1) is 20.7. The van der Waals surface area contributed by atoms with E-state index in [-0.39, 0.29) is 21.7 Å². The van der Waals surface area contributed by atoms with E-state index in [4.69, 9.17) is 0 Å². The van der Waals surface area contributed by atoms with Gasteiger partial charge in [-0.3, -0.25) is 0 Å². The van der Waals surface area contributed by atoms with E-state index in [1.54, 1.807) is 0 Å². The number of benzene rings is 4. The Balaban J connectivity index is 1.81. The molecule has 240 valence electrons. The van der Waals surface area contributed by atoms with Crippen LogP contribution in [-0.4, -0.2) is 0 Å². The minimum absolute atomic E-state index is 0.164. The second kappa shape index (κ2) is 13.5. The van der Waals surface area contributed by atoms with E-state index in [2.05, 4.69) is 180 Å². The van der Waals surface area contributed by atoms with Crippen molar-refractivity contribution in [3.63, 3.8) is 0 Å². The van der Waals surface area contributed by atoms with Crippen LogP contribution in [0.2, 0.25) is 0 Å². The Labute approximate surface area is 281 Å². The Morgan fingerprint density at radius 2 is 0.444 bits per heavy atom. The van der Waals surface area contributed by atoms with Gasteiger partial charge in [-0.05, 0) is 0 Å². The van der Waals surface area contributed by atoms with Gasteiger partial charge in [0.1, 0.15) is 0 Å². The third kappa shape index (κ3) is 9.88. The van der Waals surface area contributed by atoms with Gasteiger partial charge in [0.2, 0.25) is 0 Å². The second-order valence-corrected chi connectivity index (χ2v) is 28.8. The third-order valence-electron chi connectivity index (χ3n) is 9.60. The van der Waals surface area contributed by atoms with Gasteiger partial charge in [-0.15, -0.1) is 0 Å². The fourth-order valence-corrected chi connectivity index (χ4v) is 19.3. The van der Waals surface area contributed by atoms with Crippen molar-refractivity contribution >= 4 is 0 Å². The molecule has 4 aromatic rings. The predicted molar refractivity (Wildman–Crippen MR) is 195 cm³/mol. The topological polar surface area (TPSA) is 0 Å². The number of hydrogen-bond acceptors (Lipinski definition) is 0. The molecular weight excluding hydrogens is 620 g/mol. The van der Waals surface area contributed by atoms with Crippen molar-refractivity contribution in [1.82, 2.24) is 0 Å². The van der Waals surface area contributed by atoms with E-state index in [1.165, 1.54) is 61.0 Å². The molecule has 0 radical (unpaired) electrons. The summed E-state index contributed by atoms with van der Waals surface area (Å²) in [6.07, 6.45) is 0. The second-order valence-electron chi connectivity index (χ2n) is 18.0. The van der Waals surface area contributed by atoms with E-state index in [0.29, 0.717) is 0 Å². The summed E-state index contributed by atoms with van der Waals surface area (Å²) < 4.78 is 4.95. The van der Waals surface area contributed by atoms with Crippen LogP contribution in [-0.2, 0) is 58.4 Å². The Morgan fingerprint density at radius 1 is 0.289 bits per heavy atom. The van der Waals surface area contributed by atoms with Crippen LogP contribution in [0.15, 0.2) is 97.1 Å². The molecule has 1 heteroatoms. The van der Waals surface area contributed by atoms with Crippen molar-refractivity contribution < 1.29 is 20.3 Å². The summed E-state index contributed by atoms with van der Waals surface area (Å²) >= 11 is -3.05. The van der Waals surface area contributed by atoms with Gasteiger partial charge in [0.15, 0.2) is 0 Å². The zero-order valence-corrected chi connectivity index (χ0v) is 33.0. The van der Waals surface area contributed by atoms with E-state index in [1.807, 2.05) is 0 Å². The molecule has 0 N–H and O–H groups in total. The standard InChI is InChI=1S/4C11H15.Zr/c4*1-9-5-7-10(8-6-9)11(2,3)4;/h4*5-8H,1H2,2-4H3;. The average Bonchev–Trinajstić information content (AvgIpc) is 2.92. The van der Waals surface area contributed by atoms with E-state index < -0.39 is 20.3 Å². The predicted octanol–water partition coefficient (Wildman–Crippen LogP) is 12.1. The minimum atomic E-state index is -3.05. The maximum absolute atomic E-state index is 3.05. The van der Waals surface area contributed by atoms with Gasteiger partial charge in [-0.2, -0.15) is 0 Å². The molecule has 0 amide bonds. The van der Waals surface area contributed by atoms with Crippen LogP contribution in [0.4, 0.5) is 0 Å². The van der Waals surface area contributed by atoms with Crippen LogP contribution in [0, 0.1) is 0 Å². The van der Waals surface area contributed by atoms with Crippen LogP contribution < -0.4 is 0 Å². The molecule has 4 aromatic carbocycles. The van der Waals surface area contributed by atoms with Crippen molar-refractivity contribution in [2.45, 2.75) is 121 Å². The van der Waals surface area contributed by atoms with Gasteiger partial charge >= 0.3 is 283 Å². The molecule has 0 aliphatic carbocycles. The van der Waals surface area contributed by atoms with Gasteiger partial charge in [0.25, 0.3) is 0 Å². The Kier molecular flexibility index (Phi) is 10.7. The molecule has 0 aliphatic rings. The molecule has 0 nitrogen and oxygen atoms in total. The Morgan fingerprint density at radius 3 is 0.578 bits per heavy atom. The van der Waals surface area contributed by atoms with Gasteiger partial charge < -0.3 is 0 Å². The molecule has 0 fully saturated rings. The summed E-state index contributed by atoms with van der Waals surface area (Å²) in [5, 5.41) is 0. The number of rotatable bonds is 8. The quantitative estimate of drug-likeness (QED) is 0.174. The molecular formula is C44H60Zr. The summed E-state index contributed by atoms with van der Waals surface area (Å²) in [6.45, 7) is 27.8. The SMILES string of the molecule is CC(C)(C)c1ccc([CH2][Zr]([CH2]c2ccc(C(C)(C)C)cc2)([CH2]c2ccc(C(C)(C)C)cc2)[CH2]c2ccc(C(C)(C)C)cc2)cc1. The van der Waals surface area contributed by atoms with Crippen LogP contribution in [0.1, 0.15) is 128 Å². The van der Waals surface area contributed by atoms with Crippen LogP contribution in [0.3, 0.4) is 0 Å². The molecule has 0 saturated carbocycles. The van der Waals surface area contributed by atoms with Crippen LogP contribution in [0.25, 0.3) is 0 Å². The summed E-state index contributed by atoms with van der Waals surface area (Å²) in [5.41, 5.74) is 12.4. The van der Waals surface area contributed by atoms with Crippen LogP contribution >= 0.6 is 0 Å². The molecule has 0 bridgehead atoms. The first-order valence-electron chi connectivity index (χ1n) is 17.1. The Bertz CT molecular complexity index is 1260. The van der Waals surface area contributed by atoms with E-state index in [0.717, 1.165) is 0 Å². The first-order valence-corrected chi connectivity index (χ1v) is 24.1. The molecule has 0 heterocycles. The van der Waals surface area contributed by atoms with E-state index >= 15 is 0 Å². The Hall–Kier alpha value is -2.24. The molecule has 4 rings (SSSR count). The third-order valence-corrected chi connectivity index (χ3v) is 21.0. The molecule has 0 saturated heterocycles. The molecule has 0 spiro atoms. The normalized spacial score (nSPS) is 13.2. The van der Waals surface area contributed by atoms with Crippen molar-refractivity contribution in [3.05, 3.63) is 142 Å². The van der Waals surface area contributed by atoms with Gasteiger partial charge in [-0.1, -0.05) is 0 Å². The van der Waals surface area contributed by atoms with Crippen molar-refractivity contribution in [2.75, 3.05) is 0 Å². The summed E-state index contributed by atoms with van der Waals surface area (Å²) in [6, 6.07) is 38.7. The first kappa shape index (κ1) is 35.6. The summed E-state index contributed by atoms with van der Waals surface area (Å²) in [5.74, 6) is 0. The maximum atomic E-state index is 2.44. The summed E-state index contributed by atoms with van der Waals surface area (Å²) in [7, 11) is 0.